The van der Waals surface area contributed by atoms with Crippen LogP contribution in [0.5, 0.6) is 0 Å². The van der Waals surface area contributed by atoms with Crippen molar-refractivity contribution in [3.05, 3.63) is 0 Å². The molecule has 0 unspecified atom stereocenters. The Hall–Kier alpha value is 3.55. The summed E-state index contributed by atoms with van der Waals surface area (Å²) in [5, 5.41) is 0. The molecule has 0 aromatic heterocycles. The first kappa shape index (κ1) is 7.55. The Morgan fingerprint density at radius 1 is 1.00 bits per heavy atom. The molecule has 4 heteroatoms. The van der Waals surface area contributed by atoms with Crippen LogP contribution >= 0.6 is 42.1 Å². The molecule has 0 atom stereocenters. The minimum absolute atomic E-state index is 0.812. The molecule has 0 aliphatic rings. The molecule has 0 fully saturated rings. The fourth-order valence-corrected chi connectivity index (χ4v) is 0. The van der Waals surface area contributed by atoms with Crippen molar-refractivity contribution in [1.82, 2.24) is 0 Å². The van der Waals surface area contributed by atoms with Crippen LogP contribution in [0.3, 0.4) is 0 Å². The second kappa shape index (κ2) is 4.71. The Morgan fingerprint density at radius 3 is 1.00 bits per heavy atom. The van der Waals surface area contributed by atoms with Gasteiger partial charge in [0.2, 0.25) is 0 Å². The van der Waals surface area contributed by atoms with Crippen molar-refractivity contribution in [3.8, 4) is 0 Å². The van der Waals surface area contributed by atoms with Crippen LogP contribution in [0.2, 0.25) is 0 Å². The van der Waals surface area contributed by atoms with Gasteiger partial charge in [-0.3, -0.25) is 0 Å². The first-order valence-electron chi connectivity index (χ1n) is 0.655. The van der Waals surface area contributed by atoms with Gasteiger partial charge in [0.1, 0.15) is 0 Å². The van der Waals surface area contributed by atoms with Gasteiger partial charge in [0.15, 0.2) is 0 Å². The van der Waals surface area contributed by atoms with Gasteiger partial charge < -0.3 is 0 Å². The van der Waals surface area contributed by atoms with Crippen LogP contribution in [0, 0.1) is 18.6 Å². The molecule has 0 N–H and O–H groups in total. The van der Waals surface area contributed by atoms with Gasteiger partial charge in [-0.05, 0) is 0 Å². The van der Waals surface area contributed by atoms with Crippen LogP contribution in [0.15, 0.2) is 0 Å². The molecule has 0 amide bonds. The van der Waals surface area contributed by atoms with E-state index in [-0.39, 0.29) is 0 Å². The van der Waals surface area contributed by atoms with Crippen LogP contribution in [0.1, 0.15) is 0 Å². The first-order valence-corrected chi connectivity index (χ1v) is 32.6. The van der Waals surface area contributed by atoms with Crippen LogP contribution in [0.4, 0.5) is 0 Å². The van der Waals surface area contributed by atoms with Gasteiger partial charge in [0, 0.05) is 0 Å². The molecule has 0 radical (unpaired) electrons. The summed E-state index contributed by atoms with van der Waals surface area (Å²) in [5.41, 5.74) is 0. The maximum atomic E-state index is 2.54. The molecule has 0 bridgehead atoms. The van der Waals surface area contributed by atoms with Crippen LogP contribution in [-0.2, 0) is 0 Å². The zero-order valence-corrected chi connectivity index (χ0v) is 11.9. The van der Waals surface area contributed by atoms with Crippen molar-refractivity contribution < 1.29 is 18.6 Å². The van der Waals surface area contributed by atoms with Crippen LogP contribution in [0.25, 0.3) is 0 Å². The van der Waals surface area contributed by atoms with Gasteiger partial charge in [0.05, 0.1) is 0 Å². The molecule has 0 aromatic rings. The summed E-state index contributed by atoms with van der Waals surface area (Å²) < 4.78 is 0. The van der Waals surface area contributed by atoms with E-state index >= 15 is 0 Å². The summed E-state index contributed by atoms with van der Waals surface area (Å²) in [7, 11) is 0. The second-order valence-electron chi connectivity index (χ2n) is 0.247. The Bertz CT molecular complexity index is 8.00. The third-order valence-electron chi connectivity index (χ3n) is 0. The van der Waals surface area contributed by atoms with E-state index in [0.29, 0.717) is 0 Å². The van der Waals surface area contributed by atoms with Crippen molar-refractivity contribution in [2.75, 3.05) is 0 Å². The molecular formula is I3Pr. The average molecular weight is 522 g/mol. The minimum atomic E-state index is -0.812. The standard InChI is InChI=1S/3HI.Pr/h3*1H;/q;;;+3/p-3. The van der Waals surface area contributed by atoms with Gasteiger partial charge in [-0.25, -0.2) is 0 Å². The Kier molecular flexibility index (Phi) is 8.89. The van der Waals surface area contributed by atoms with Gasteiger partial charge in [-0.15, -0.1) is 0 Å². The van der Waals surface area contributed by atoms with Crippen LogP contribution < -0.4 is 0 Å². The molecule has 0 heterocycles. The zero-order chi connectivity index (χ0) is 3.58. The van der Waals surface area contributed by atoms with Gasteiger partial charge in [-0.1, -0.05) is 0 Å². The summed E-state index contributed by atoms with van der Waals surface area (Å²) in [5.74, 6) is 0. The zero-order valence-electron chi connectivity index (χ0n) is 1.71. The molecular weight excluding hydrogens is 522 g/mol. The van der Waals surface area contributed by atoms with Gasteiger partial charge >= 0.3 is 60.7 Å². The maximum absolute atomic E-state index is 2.54. The number of rotatable bonds is 0. The van der Waals surface area contributed by atoms with E-state index < -0.39 is 18.6 Å². The SMILES string of the molecule is [I][Pr]([I])[I]. The molecule has 0 saturated heterocycles. The van der Waals surface area contributed by atoms with Crippen molar-refractivity contribution in [1.29, 1.82) is 0 Å². The average Bonchev–Trinajstić information content (AvgIpc) is 0.811. The summed E-state index contributed by atoms with van der Waals surface area (Å²) in [6, 6.07) is 0. The summed E-state index contributed by atoms with van der Waals surface area (Å²) in [6.07, 6.45) is 0. The molecule has 24 valence electrons. The Morgan fingerprint density at radius 2 is 1.00 bits per heavy atom. The number of halogens is 3. The first-order chi connectivity index (χ1) is 1.73. The van der Waals surface area contributed by atoms with Gasteiger partial charge in [-0.2, -0.15) is 0 Å². The third-order valence-corrected chi connectivity index (χ3v) is 0. The molecule has 0 aliphatic carbocycles. The third kappa shape index (κ3) is 9.12. The van der Waals surface area contributed by atoms with Crippen molar-refractivity contribution >= 4 is 42.1 Å². The quantitative estimate of drug-likeness (QED) is 0.430. The molecule has 0 nitrogen and oxygen atoms in total. The second-order valence-corrected chi connectivity index (χ2v) is 82.6. The fraction of sp³-hybridized carbons (Fsp3) is 0. The molecule has 0 saturated carbocycles. The molecule has 0 spiro atoms. The summed E-state index contributed by atoms with van der Waals surface area (Å²) in [4.78, 5) is 0. The topological polar surface area (TPSA) is 0 Å². The van der Waals surface area contributed by atoms with E-state index in [1.54, 1.807) is 0 Å². The molecule has 4 heavy (non-hydrogen) atoms. The van der Waals surface area contributed by atoms with Crippen LogP contribution in [-0.4, -0.2) is 0 Å². The molecule has 0 rings (SSSR count). The number of hydrogen-bond acceptors (Lipinski definition) is 0. The van der Waals surface area contributed by atoms with E-state index in [9.17, 15) is 0 Å². The molecule has 0 aliphatic heterocycles. The Balaban J connectivity index is 2.32. The summed E-state index contributed by atoms with van der Waals surface area (Å²) in [6.45, 7) is 0. The fourth-order valence-electron chi connectivity index (χ4n) is 0. The van der Waals surface area contributed by atoms with Gasteiger partial charge in [0.25, 0.3) is 0 Å². The van der Waals surface area contributed by atoms with E-state index in [4.69, 9.17) is 0 Å². The monoisotopic (exact) mass is 522 g/mol. The predicted molar refractivity (Wildman–Crippen MR) is 42.1 cm³/mol. The van der Waals surface area contributed by atoms with E-state index in [0.717, 1.165) is 0 Å². The van der Waals surface area contributed by atoms with E-state index in [1.165, 1.54) is 0 Å². The molecule has 0 aromatic carbocycles. The normalized spacial score (nSPS) is 6.75. The predicted octanol–water partition coefficient (Wildman–Crippen LogP) is 2.66. The van der Waals surface area contributed by atoms with Crippen molar-refractivity contribution in [2.45, 2.75) is 0 Å². The summed E-state index contributed by atoms with van der Waals surface area (Å²) >= 11 is 6.80. The Labute approximate surface area is 57.7 Å². The van der Waals surface area contributed by atoms with Crippen molar-refractivity contribution in [3.63, 3.8) is 0 Å². The van der Waals surface area contributed by atoms with E-state index in [2.05, 4.69) is 42.1 Å². The number of hydrogen-bond donors (Lipinski definition) is 0. The van der Waals surface area contributed by atoms with E-state index in [1.807, 2.05) is 0 Å². The van der Waals surface area contributed by atoms with Crippen molar-refractivity contribution in [2.24, 2.45) is 0 Å².